The molecule has 104 valence electrons. The maximum absolute atomic E-state index is 13.4. The van der Waals surface area contributed by atoms with E-state index in [9.17, 15) is 18.9 Å². The molecule has 7 heteroatoms. The molecule has 0 radical (unpaired) electrons. The molecule has 2 aromatic rings. The van der Waals surface area contributed by atoms with Crippen LogP contribution in [0.4, 0.5) is 14.5 Å². The zero-order valence-corrected chi connectivity index (χ0v) is 11.6. The van der Waals surface area contributed by atoms with Gasteiger partial charge in [-0.25, -0.2) is 4.39 Å². The van der Waals surface area contributed by atoms with Crippen LogP contribution in [0.25, 0.3) is 0 Å². The summed E-state index contributed by atoms with van der Waals surface area (Å²) in [6.07, 6.45) is 0. The standard InChI is InChI=1S/C13H8BrF2NO3/c14-10-3-2-9(6-11(10)15)20-7-8-1-4-13(17(18)19)12(16)5-8/h1-6H,7H2. The highest BCUT2D eigenvalue weighted by atomic mass is 79.9. The van der Waals surface area contributed by atoms with Crippen LogP contribution in [0.2, 0.25) is 0 Å². The number of hydrogen-bond donors (Lipinski definition) is 0. The summed E-state index contributed by atoms with van der Waals surface area (Å²) in [7, 11) is 0. The molecule has 0 aromatic heterocycles. The van der Waals surface area contributed by atoms with Crippen LogP contribution < -0.4 is 4.74 Å². The summed E-state index contributed by atoms with van der Waals surface area (Å²) in [5.41, 5.74) is -0.181. The first kappa shape index (κ1) is 14.4. The van der Waals surface area contributed by atoms with Gasteiger partial charge >= 0.3 is 5.69 Å². The highest BCUT2D eigenvalue weighted by molar-refractivity contribution is 9.10. The molecule has 0 aliphatic rings. The quantitative estimate of drug-likeness (QED) is 0.617. The fraction of sp³-hybridized carbons (Fsp3) is 0.0769. The lowest BCUT2D eigenvalue weighted by atomic mass is 10.2. The number of nitrogens with zero attached hydrogens (tertiary/aromatic N) is 1. The first-order chi connectivity index (χ1) is 9.47. The smallest absolute Gasteiger partial charge is 0.304 e. The molecular weight excluding hydrogens is 336 g/mol. The molecule has 0 N–H and O–H groups in total. The Morgan fingerprint density at radius 3 is 2.50 bits per heavy atom. The molecule has 4 nitrogen and oxygen atoms in total. The first-order valence-electron chi connectivity index (χ1n) is 5.48. The van der Waals surface area contributed by atoms with Crippen LogP contribution in [0.3, 0.4) is 0 Å². The number of nitro benzene ring substituents is 1. The number of halogens is 3. The minimum Gasteiger partial charge on any atom is -0.489 e. The lowest BCUT2D eigenvalue weighted by Gasteiger charge is -2.07. The van der Waals surface area contributed by atoms with Crippen molar-refractivity contribution in [1.82, 2.24) is 0 Å². The number of benzene rings is 2. The van der Waals surface area contributed by atoms with Crippen molar-refractivity contribution in [2.75, 3.05) is 0 Å². The molecule has 0 amide bonds. The minimum atomic E-state index is -0.932. The molecule has 0 atom stereocenters. The van der Waals surface area contributed by atoms with E-state index >= 15 is 0 Å². The Morgan fingerprint density at radius 2 is 1.90 bits per heavy atom. The highest BCUT2D eigenvalue weighted by Crippen LogP contribution is 2.23. The van der Waals surface area contributed by atoms with Gasteiger partial charge in [-0.1, -0.05) is 0 Å². The van der Waals surface area contributed by atoms with E-state index in [0.29, 0.717) is 10.0 Å². The second-order valence-corrected chi connectivity index (χ2v) is 4.76. The van der Waals surface area contributed by atoms with Gasteiger partial charge in [0.05, 0.1) is 9.40 Å². The predicted molar refractivity (Wildman–Crippen MR) is 71.5 cm³/mol. The molecular formula is C13H8BrF2NO3. The molecule has 0 unspecified atom stereocenters. The molecule has 0 spiro atoms. The van der Waals surface area contributed by atoms with E-state index in [0.717, 1.165) is 12.1 Å². The van der Waals surface area contributed by atoms with Gasteiger partial charge in [0.2, 0.25) is 5.82 Å². The number of nitro groups is 1. The maximum atomic E-state index is 13.4. The lowest BCUT2D eigenvalue weighted by molar-refractivity contribution is -0.387. The SMILES string of the molecule is O=[N+]([O-])c1ccc(COc2ccc(Br)c(F)c2)cc1F. The van der Waals surface area contributed by atoms with Gasteiger partial charge in [0.25, 0.3) is 0 Å². The van der Waals surface area contributed by atoms with Crippen LogP contribution in [0, 0.1) is 21.7 Å². The van der Waals surface area contributed by atoms with Gasteiger partial charge in [0, 0.05) is 12.1 Å². The van der Waals surface area contributed by atoms with Crippen molar-refractivity contribution >= 4 is 21.6 Å². The molecule has 0 saturated heterocycles. The van der Waals surface area contributed by atoms with E-state index in [1.807, 2.05) is 0 Å². The van der Waals surface area contributed by atoms with E-state index < -0.39 is 22.2 Å². The van der Waals surface area contributed by atoms with Gasteiger partial charge in [0.15, 0.2) is 0 Å². The molecule has 2 rings (SSSR count). The Kier molecular flexibility index (Phi) is 4.29. The third-order valence-electron chi connectivity index (χ3n) is 2.51. The Balaban J connectivity index is 2.09. The van der Waals surface area contributed by atoms with Crippen molar-refractivity contribution in [2.45, 2.75) is 6.61 Å². The Morgan fingerprint density at radius 1 is 1.15 bits per heavy atom. The van der Waals surface area contributed by atoms with E-state index in [-0.39, 0.29) is 12.4 Å². The molecule has 0 fully saturated rings. The average Bonchev–Trinajstić information content (AvgIpc) is 2.40. The summed E-state index contributed by atoms with van der Waals surface area (Å²) in [5, 5.41) is 10.5. The van der Waals surface area contributed by atoms with Gasteiger partial charge in [-0.05, 0) is 45.8 Å². The van der Waals surface area contributed by atoms with Gasteiger partial charge in [-0.2, -0.15) is 4.39 Å². The van der Waals surface area contributed by atoms with E-state index in [1.54, 1.807) is 6.07 Å². The third kappa shape index (κ3) is 3.30. The fourth-order valence-electron chi connectivity index (χ4n) is 1.52. The van der Waals surface area contributed by atoms with Gasteiger partial charge in [-0.3, -0.25) is 10.1 Å². The van der Waals surface area contributed by atoms with Crippen LogP contribution in [-0.4, -0.2) is 4.92 Å². The number of hydrogen-bond acceptors (Lipinski definition) is 3. The number of ether oxygens (including phenoxy) is 1. The predicted octanol–water partition coefficient (Wildman–Crippen LogP) is 4.21. The second-order valence-electron chi connectivity index (χ2n) is 3.91. The minimum absolute atomic E-state index is 0.0179. The normalized spacial score (nSPS) is 10.3. The van der Waals surface area contributed by atoms with Crippen LogP contribution in [0.15, 0.2) is 40.9 Å². The molecule has 0 bridgehead atoms. The van der Waals surface area contributed by atoms with Crippen molar-refractivity contribution in [3.05, 3.63) is 68.2 Å². The van der Waals surface area contributed by atoms with Crippen molar-refractivity contribution in [2.24, 2.45) is 0 Å². The highest BCUT2D eigenvalue weighted by Gasteiger charge is 2.13. The van der Waals surface area contributed by atoms with Crippen molar-refractivity contribution in [1.29, 1.82) is 0 Å². The zero-order chi connectivity index (χ0) is 14.7. The zero-order valence-electron chi connectivity index (χ0n) is 9.98. The molecule has 0 heterocycles. The Hall–Kier alpha value is -2.02. The van der Waals surface area contributed by atoms with E-state index in [4.69, 9.17) is 4.74 Å². The first-order valence-corrected chi connectivity index (χ1v) is 6.27. The Bertz CT molecular complexity index is 664. The monoisotopic (exact) mass is 343 g/mol. The molecule has 20 heavy (non-hydrogen) atoms. The van der Waals surface area contributed by atoms with Crippen molar-refractivity contribution in [3.8, 4) is 5.75 Å². The van der Waals surface area contributed by atoms with Crippen LogP contribution in [-0.2, 0) is 6.61 Å². The van der Waals surface area contributed by atoms with Gasteiger partial charge in [0.1, 0.15) is 18.2 Å². The molecule has 0 aliphatic heterocycles. The van der Waals surface area contributed by atoms with Crippen LogP contribution >= 0.6 is 15.9 Å². The lowest BCUT2D eigenvalue weighted by Crippen LogP contribution is -1.99. The second kappa shape index (κ2) is 5.96. The molecule has 0 saturated carbocycles. The van der Waals surface area contributed by atoms with E-state index in [1.165, 1.54) is 18.2 Å². The maximum Gasteiger partial charge on any atom is 0.304 e. The van der Waals surface area contributed by atoms with Gasteiger partial charge in [-0.15, -0.1) is 0 Å². The largest absolute Gasteiger partial charge is 0.489 e. The van der Waals surface area contributed by atoms with Crippen LogP contribution in [0.1, 0.15) is 5.56 Å². The summed E-state index contributed by atoms with van der Waals surface area (Å²) >= 11 is 3.01. The van der Waals surface area contributed by atoms with Gasteiger partial charge < -0.3 is 4.74 Å². The topological polar surface area (TPSA) is 52.4 Å². The summed E-state index contributed by atoms with van der Waals surface area (Å²) in [5.74, 6) is -1.13. The Labute approximate surface area is 121 Å². The summed E-state index contributed by atoms with van der Waals surface area (Å²) in [4.78, 5) is 9.67. The average molecular weight is 344 g/mol. The van der Waals surface area contributed by atoms with Crippen molar-refractivity contribution < 1.29 is 18.4 Å². The summed E-state index contributed by atoms with van der Waals surface area (Å²) < 4.78 is 32.2. The molecule has 2 aromatic carbocycles. The fourth-order valence-corrected chi connectivity index (χ4v) is 1.77. The van der Waals surface area contributed by atoms with Crippen LogP contribution in [0.5, 0.6) is 5.75 Å². The molecule has 0 aliphatic carbocycles. The number of rotatable bonds is 4. The van der Waals surface area contributed by atoms with E-state index in [2.05, 4.69) is 15.9 Å². The summed E-state index contributed by atoms with van der Waals surface area (Å²) in [6, 6.07) is 7.70. The summed E-state index contributed by atoms with van der Waals surface area (Å²) in [6.45, 7) is -0.0179. The van der Waals surface area contributed by atoms with Crippen molar-refractivity contribution in [3.63, 3.8) is 0 Å². The third-order valence-corrected chi connectivity index (χ3v) is 3.15.